The predicted molar refractivity (Wildman–Crippen MR) is 110 cm³/mol. The first-order valence-electron chi connectivity index (χ1n) is 10.2. The molecule has 1 atom stereocenters. The number of amides is 3. The minimum Gasteiger partial charge on any atom is -0.338 e. The lowest BCUT2D eigenvalue weighted by molar-refractivity contribution is -0.130. The highest BCUT2D eigenvalue weighted by Gasteiger charge is 2.32. The largest absolute Gasteiger partial charge is 0.338 e. The van der Waals surface area contributed by atoms with Crippen molar-refractivity contribution in [2.75, 3.05) is 25.0 Å². The Hall–Kier alpha value is -2.82. The van der Waals surface area contributed by atoms with E-state index < -0.39 is 0 Å². The van der Waals surface area contributed by atoms with Gasteiger partial charge in [-0.1, -0.05) is 48.5 Å². The number of piperidine rings is 1. The molecule has 5 nitrogen and oxygen atoms in total. The van der Waals surface area contributed by atoms with Gasteiger partial charge in [-0.05, 0) is 42.9 Å². The first-order valence-corrected chi connectivity index (χ1v) is 10.2. The maximum absolute atomic E-state index is 12.9. The summed E-state index contributed by atoms with van der Waals surface area (Å²) in [6.07, 6.45) is 4.29. The van der Waals surface area contributed by atoms with E-state index in [0.29, 0.717) is 13.0 Å². The Morgan fingerprint density at radius 2 is 1.79 bits per heavy atom. The lowest BCUT2D eigenvalue weighted by Gasteiger charge is -2.37. The van der Waals surface area contributed by atoms with Gasteiger partial charge in [0.05, 0.1) is 0 Å². The second-order valence-electron chi connectivity index (χ2n) is 7.68. The van der Waals surface area contributed by atoms with Gasteiger partial charge in [0, 0.05) is 37.8 Å². The van der Waals surface area contributed by atoms with Crippen LogP contribution in [0.2, 0.25) is 0 Å². The van der Waals surface area contributed by atoms with Gasteiger partial charge in [-0.2, -0.15) is 0 Å². The summed E-state index contributed by atoms with van der Waals surface area (Å²) in [4.78, 5) is 28.8. The molecule has 0 unspecified atom stereocenters. The summed E-state index contributed by atoms with van der Waals surface area (Å²) >= 11 is 0. The Bertz CT molecular complexity index is 837. The van der Waals surface area contributed by atoms with E-state index in [1.54, 1.807) is 0 Å². The Kier molecular flexibility index (Phi) is 5.60. The predicted octanol–water partition coefficient (Wildman–Crippen LogP) is 3.90. The summed E-state index contributed by atoms with van der Waals surface area (Å²) in [6.45, 7) is 2.20. The van der Waals surface area contributed by atoms with Crippen molar-refractivity contribution >= 4 is 17.6 Å². The zero-order valence-electron chi connectivity index (χ0n) is 16.1. The second kappa shape index (κ2) is 8.46. The molecule has 0 aliphatic carbocycles. The second-order valence-corrected chi connectivity index (χ2v) is 7.68. The van der Waals surface area contributed by atoms with E-state index in [1.165, 1.54) is 5.56 Å². The molecule has 2 fully saturated rings. The summed E-state index contributed by atoms with van der Waals surface area (Å²) in [5.74, 6) is 0.237. The van der Waals surface area contributed by atoms with Crippen molar-refractivity contribution in [1.82, 2.24) is 9.80 Å². The van der Waals surface area contributed by atoms with Crippen LogP contribution < -0.4 is 5.32 Å². The van der Waals surface area contributed by atoms with Gasteiger partial charge >= 0.3 is 6.03 Å². The minimum atomic E-state index is -0.0724. The van der Waals surface area contributed by atoms with Gasteiger partial charge in [0.25, 0.3) is 0 Å². The molecule has 3 amide bonds. The molecular weight excluding hydrogens is 350 g/mol. The number of hydrogen-bond donors (Lipinski definition) is 1. The van der Waals surface area contributed by atoms with Gasteiger partial charge in [0.15, 0.2) is 0 Å². The molecule has 5 heteroatoms. The van der Waals surface area contributed by atoms with Crippen molar-refractivity contribution in [3.63, 3.8) is 0 Å². The van der Waals surface area contributed by atoms with Crippen LogP contribution in [-0.4, -0.2) is 47.4 Å². The topological polar surface area (TPSA) is 52.7 Å². The molecule has 2 aliphatic heterocycles. The number of hydrogen-bond acceptors (Lipinski definition) is 2. The van der Waals surface area contributed by atoms with Gasteiger partial charge in [-0.3, -0.25) is 4.79 Å². The van der Waals surface area contributed by atoms with Gasteiger partial charge in [-0.15, -0.1) is 0 Å². The number of para-hydroxylation sites is 1. The summed E-state index contributed by atoms with van der Waals surface area (Å²) in [5, 5.41) is 3.11. The zero-order valence-corrected chi connectivity index (χ0v) is 16.1. The Morgan fingerprint density at radius 3 is 2.57 bits per heavy atom. The van der Waals surface area contributed by atoms with Gasteiger partial charge in [-0.25, -0.2) is 4.79 Å². The molecule has 0 spiro atoms. The number of likely N-dealkylation sites (tertiary alicyclic amines) is 2. The van der Waals surface area contributed by atoms with Crippen LogP contribution in [0.1, 0.15) is 36.8 Å². The Morgan fingerprint density at radius 1 is 1.00 bits per heavy atom. The number of rotatable bonds is 4. The number of carbonyl (C=O) groups excluding carboxylic acids is 2. The average molecular weight is 377 g/mol. The Labute approximate surface area is 166 Å². The molecule has 2 aliphatic rings. The van der Waals surface area contributed by atoms with Crippen molar-refractivity contribution in [2.24, 2.45) is 0 Å². The molecule has 0 aromatic heterocycles. The van der Waals surface area contributed by atoms with Crippen molar-refractivity contribution in [1.29, 1.82) is 0 Å². The first kappa shape index (κ1) is 18.5. The van der Waals surface area contributed by atoms with E-state index in [9.17, 15) is 9.59 Å². The summed E-state index contributed by atoms with van der Waals surface area (Å²) in [5.41, 5.74) is 3.18. The molecule has 0 radical (unpaired) electrons. The van der Waals surface area contributed by atoms with E-state index in [-0.39, 0.29) is 18.0 Å². The van der Waals surface area contributed by atoms with Crippen molar-refractivity contribution in [3.05, 3.63) is 65.7 Å². The third-order valence-electron chi connectivity index (χ3n) is 5.73. The third kappa shape index (κ3) is 4.19. The van der Waals surface area contributed by atoms with E-state index in [1.807, 2.05) is 46.2 Å². The van der Waals surface area contributed by atoms with Crippen molar-refractivity contribution in [3.8, 4) is 0 Å². The van der Waals surface area contributed by atoms with Crippen LogP contribution in [0.3, 0.4) is 0 Å². The SMILES string of the molecule is O=C(Nc1ccccc1Cc1ccccc1)N1CCC[C@H](N2CCCC2=O)C1. The normalized spacial score (nSPS) is 19.7. The summed E-state index contributed by atoms with van der Waals surface area (Å²) in [6, 6.07) is 18.3. The highest BCUT2D eigenvalue weighted by molar-refractivity contribution is 5.90. The Balaban J connectivity index is 1.43. The van der Waals surface area contributed by atoms with E-state index in [4.69, 9.17) is 0 Å². The fraction of sp³-hybridized carbons (Fsp3) is 0.391. The maximum atomic E-state index is 12.9. The molecule has 2 aromatic rings. The lowest BCUT2D eigenvalue weighted by atomic mass is 10.0. The van der Waals surface area contributed by atoms with Crippen LogP contribution in [0.25, 0.3) is 0 Å². The van der Waals surface area contributed by atoms with Crippen LogP contribution in [0.4, 0.5) is 10.5 Å². The van der Waals surface area contributed by atoms with Crippen LogP contribution in [0.15, 0.2) is 54.6 Å². The molecule has 4 rings (SSSR count). The fourth-order valence-electron chi connectivity index (χ4n) is 4.26. The smallest absolute Gasteiger partial charge is 0.321 e. The highest BCUT2D eigenvalue weighted by Crippen LogP contribution is 2.23. The van der Waals surface area contributed by atoms with Crippen molar-refractivity contribution < 1.29 is 9.59 Å². The number of anilines is 1. The van der Waals surface area contributed by atoms with Crippen LogP contribution >= 0.6 is 0 Å². The monoisotopic (exact) mass is 377 g/mol. The zero-order chi connectivity index (χ0) is 19.3. The number of urea groups is 1. The first-order chi connectivity index (χ1) is 13.7. The molecule has 146 valence electrons. The fourth-order valence-corrected chi connectivity index (χ4v) is 4.26. The van der Waals surface area contributed by atoms with E-state index in [0.717, 1.165) is 50.0 Å². The summed E-state index contributed by atoms with van der Waals surface area (Å²) < 4.78 is 0. The standard InChI is InChI=1S/C23H27N3O2/c27-22-13-7-15-26(22)20-11-6-14-25(17-20)23(28)24-21-12-5-4-10-19(21)16-18-8-2-1-3-9-18/h1-5,8-10,12,20H,6-7,11,13-17H2,(H,24,28)/t20-/m0/s1. The number of carbonyl (C=O) groups is 2. The highest BCUT2D eigenvalue weighted by atomic mass is 16.2. The van der Waals surface area contributed by atoms with Crippen LogP contribution in [-0.2, 0) is 11.2 Å². The molecule has 2 saturated heterocycles. The molecule has 28 heavy (non-hydrogen) atoms. The molecule has 2 aromatic carbocycles. The molecular formula is C23H27N3O2. The molecule has 2 heterocycles. The average Bonchev–Trinajstić information content (AvgIpc) is 3.16. The minimum absolute atomic E-state index is 0.0724. The summed E-state index contributed by atoms with van der Waals surface area (Å²) in [7, 11) is 0. The molecule has 0 bridgehead atoms. The number of benzene rings is 2. The van der Waals surface area contributed by atoms with Gasteiger partial charge < -0.3 is 15.1 Å². The quantitative estimate of drug-likeness (QED) is 0.879. The van der Waals surface area contributed by atoms with Crippen LogP contribution in [0.5, 0.6) is 0 Å². The van der Waals surface area contributed by atoms with E-state index >= 15 is 0 Å². The van der Waals surface area contributed by atoms with Gasteiger partial charge in [0.1, 0.15) is 0 Å². The number of nitrogens with zero attached hydrogens (tertiary/aromatic N) is 2. The van der Waals surface area contributed by atoms with E-state index in [2.05, 4.69) is 23.5 Å². The van der Waals surface area contributed by atoms with Crippen molar-refractivity contribution in [2.45, 2.75) is 38.1 Å². The number of nitrogens with one attached hydrogen (secondary N) is 1. The third-order valence-corrected chi connectivity index (χ3v) is 5.73. The molecule has 0 saturated carbocycles. The maximum Gasteiger partial charge on any atom is 0.321 e. The van der Waals surface area contributed by atoms with Gasteiger partial charge in [0.2, 0.25) is 5.91 Å². The van der Waals surface area contributed by atoms with Crippen LogP contribution in [0, 0.1) is 0 Å². The lowest BCUT2D eigenvalue weighted by Crippen LogP contribution is -2.51. The molecule has 1 N–H and O–H groups in total.